The molecule has 2 aromatic carbocycles. The van der Waals surface area contributed by atoms with Crippen LogP contribution in [0.15, 0.2) is 48.5 Å². The van der Waals surface area contributed by atoms with E-state index in [2.05, 4.69) is 25.0 Å². The van der Waals surface area contributed by atoms with Crippen LogP contribution in [0.2, 0.25) is 5.02 Å². The van der Waals surface area contributed by atoms with Crippen molar-refractivity contribution in [1.29, 1.82) is 0 Å². The second kappa shape index (κ2) is 7.34. The van der Waals surface area contributed by atoms with Crippen molar-refractivity contribution in [3.05, 3.63) is 59.2 Å². The Kier molecular flexibility index (Phi) is 4.74. The Morgan fingerprint density at radius 2 is 1.81 bits per heavy atom. The minimum Gasteiger partial charge on any atom is -0.497 e. The molecular formula is C18H15ClN6OS. The number of benzene rings is 2. The summed E-state index contributed by atoms with van der Waals surface area (Å²) < 4.78 is 11.3. The minimum absolute atomic E-state index is 0.536. The summed E-state index contributed by atoms with van der Waals surface area (Å²) in [6.45, 7) is 1.94. The van der Waals surface area contributed by atoms with Crippen molar-refractivity contribution in [2.45, 2.75) is 6.92 Å². The number of rotatable bonds is 5. The predicted octanol–water partition coefficient (Wildman–Crippen LogP) is 4.50. The highest BCUT2D eigenvalue weighted by atomic mass is 35.5. The molecule has 0 spiro atoms. The van der Waals surface area contributed by atoms with Crippen molar-refractivity contribution in [3.8, 4) is 23.0 Å². The third kappa shape index (κ3) is 3.62. The summed E-state index contributed by atoms with van der Waals surface area (Å²) in [7, 11) is 1.64. The molecule has 0 amide bonds. The van der Waals surface area contributed by atoms with Crippen molar-refractivity contribution in [2.24, 2.45) is 0 Å². The maximum atomic E-state index is 5.91. The number of ether oxygens (including phenoxy) is 1. The molecule has 4 aromatic rings. The molecular weight excluding hydrogens is 384 g/mol. The van der Waals surface area contributed by atoms with Crippen LogP contribution in [0.25, 0.3) is 17.2 Å². The molecule has 0 fully saturated rings. The first kappa shape index (κ1) is 17.4. The Morgan fingerprint density at radius 3 is 2.52 bits per heavy atom. The van der Waals surface area contributed by atoms with Gasteiger partial charge >= 0.3 is 0 Å². The first-order valence-electron chi connectivity index (χ1n) is 8.07. The highest BCUT2D eigenvalue weighted by Crippen LogP contribution is 2.26. The van der Waals surface area contributed by atoms with Gasteiger partial charge in [-0.05, 0) is 55.5 Å². The van der Waals surface area contributed by atoms with Crippen LogP contribution in [0.3, 0.4) is 0 Å². The maximum Gasteiger partial charge on any atom is 0.207 e. The van der Waals surface area contributed by atoms with Gasteiger partial charge in [0, 0.05) is 22.2 Å². The van der Waals surface area contributed by atoms with E-state index in [4.69, 9.17) is 16.3 Å². The van der Waals surface area contributed by atoms with Gasteiger partial charge in [-0.1, -0.05) is 16.8 Å². The standard InChI is InChI=1S/C18H15ClN6OS/c1-11-16(22-24-25(11)14-7-9-15(26-2)10-8-14)17-21-18(27-23-17)20-13-5-3-12(19)4-6-13/h3-10H,1-2H3,(H,20,21,23). The lowest BCUT2D eigenvalue weighted by Crippen LogP contribution is -1.99. The average Bonchev–Trinajstić information content (AvgIpc) is 3.30. The Balaban J connectivity index is 1.58. The fraction of sp³-hybridized carbons (Fsp3) is 0.111. The van der Waals surface area contributed by atoms with Crippen LogP contribution in [0.5, 0.6) is 5.75 Å². The highest BCUT2D eigenvalue weighted by Gasteiger charge is 2.17. The zero-order valence-electron chi connectivity index (χ0n) is 14.5. The van der Waals surface area contributed by atoms with Gasteiger partial charge in [-0.3, -0.25) is 0 Å². The topological polar surface area (TPSA) is 77.8 Å². The van der Waals surface area contributed by atoms with Crippen LogP contribution >= 0.6 is 23.1 Å². The number of aromatic nitrogens is 5. The van der Waals surface area contributed by atoms with Crippen molar-refractivity contribution in [2.75, 3.05) is 12.4 Å². The van der Waals surface area contributed by atoms with Crippen LogP contribution in [0, 0.1) is 6.92 Å². The number of nitrogens with one attached hydrogen (secondary N) is 1. The number of nitrogens with zero attached hydrogens (tertiary/aromatic N) is 5. The smallest absolute Gasteiger partial charge is 0.207 e. The van der Waals surface area contributed by atoms with Crippen LogP contribution in [0.4, 0.5) is 10.8 Å². The second-order valence-corrected chi connectivity index (χ2v) is 6.88. The molecule has 0 aliphatic carbocycles. The van der Waals surface area contributed by atoms with Gasteiger partial charge in [-0.25, -0.2) is 4.68 Å². The van der Waals surface area contributed by atoms with Gasteiger partial charge in [0.1, 0.15) is 5.75 Å². The van der Waals surface area contributed by atoms with Crippen LogP contribution in [-0.4, -0.2) is 31.5 Å². The lowest BCUT2D eigenvalue weighted by atomic mass is 10.2. The molecule has 0 unspecified atom stereocenters. The minimum atomic E-state index is 0.536. The van der Waals surface area contributed by atoms with Gasteiger partial charge in [0.2, 0.25) is 5.13 Å². The molecule has 0 saturated carbocycles. The summed E-state index contributed by atoms with van der Waals surface area (Å²) in [5.74, 6) is 1.32. The summed E-state index contributed by atoms with van der Waals surface area (Å²) in [6.07, 6.45) is 0. The molecule has 9 heteroatoms. The molecule has 4 rings (SSSR count). The molecule has 27 heavy (non-hydrogen) atoms. The van der Waals surface area contributed by atoms with Gasteiger partial charge < -0.3 is 10.1 Å². The van der Waals surface area contributed by atoms with Gasteiger partial charge in [0.05, 0.1) is 18.5 Å². The van der Waals surface area contributed by atoms with Crippen LogP contribution in [-0.2, 0) is 0 Å². The maximum absolute atomic E-state index is 5.91. The molecule has 0 aliphatic heterocycles. The summed E-state index contributed by atoms with van der Waals surface area (Å²) in [6, 6.07) is 15.0. The van der Waals surface area contributed by atoms with E-state index in [1.807, 2.05) is 55.5 Å². The first-order valence-corrected chi connectivity index (χ1v) is 9.22. The number of halogens is 1. The molecule has 0 saturated heterocycles. The molecule has 0 radical (unpaired) electrons. The van der Waals surface area contributed by atoms with Gasteiger partial charge in [-0.2, -0.15) is 9.36 Å². The summed E-state index contributed by atoms with van der Waals surface area (Å²) in [4.78, 5) is 4.52. The normalized spacial score (nSPS) is 10.8. The molecule has 1 N–H and O–H groups in total. The van der Waals surface area contributed by atoms with E-state index in [9.17, 15) is 0 Å². The van der Waals surface area contributed by atoms with Crippen LogP contribution in [0.1, 0.15) is 5.69 Å². The molecule has 0 atom stereocenters. The quantitative estimate of drug-likeness (QED) is 0.533. The van der Waals surface area contributed by atoms with E-state index in [0.717, 1.165) is 22.8 Å². The van der Waals surface area contributed by atoms with Crippen LogP contribution < -0.4 is 10.1 Å². The molecule has 0 bridgehead atoms. The largest absolute Gasteiger partial charge is 0.497 e. The highest BCUT2D eigenvalue weighted by molar-refractivity contribution is 7.09. The Bertz CT molecular complexity index is 1060. The number of hydrogen-bond donors (Lipinski definition) is 1. The van der Waals surface area contributed by atoms with E-state index in [0.29, 0.717) is 21.7 Å². The van der Waals surface area contributed by atoms with Crippen molar-refractivity contribution >= 4 is 34.0 Å². The fourth-order valence-corrected chi connectivity index (χ4v) is 3.25. The van der Waals surface area contributed by atoms with Crippen molar-refractivity contribution in [3.63, 3.8) is 0 Å². The molecule has 7 nitrogen and oxygen atoms in total. The summed E-state index contributed by atoms with van der Waals surface area (Å²) >= 11 is 7.17. The molecule has 0 aliphatic rings. The first-order chi connectivity index (χ1) is 13.1. The third-order valence-electron chi connectivity index (χ3n) is 3.94. The molecule has 136 valence electrons. The summed E-state index contributed by atoms with van der Waals surface area (Å²) in [5, 5.41) is 13.1. The van der Waals surface area contributed by atoms with E-state index in [1.165, 1.54) is 11.5 Å². The zero-order chi connectivity index (χ0) is 18.8. The average molecular weight is 399 g/mol. The van der Waals surface area contributed by atoms with E-state index in [1.54, 1.807) is 11.8 Å². The Hall–Kier alpha value is -2.97. The van der Waals surface area contributed by atoms with E-state index in [-0.39, 0.29) is 0 Å². The van der Waals surface area contributed by atoms with Gasteiger partial charge in [-0.15, -0.1) is 5.10 Å². The number of hydrogen-bond acceptors (Lipinski definition) is 7. The second-order valence-electron chi connectivity index (χ2n) is 5.69. The van der Waals surface area contributed by atoms with Crippen molar-refractivity contribution < 1.29 is 4.74 Å². The summed E-state index contributed by atoms with van der Waals surface area (Å²) in [5.41, 5.74) is 3.28. The molecule has 2 aromatic heterocycles. The predicted molar refractivity (Wildman–Crippen MR) is 106 cm³/mol. The fourth-order valence-electron chi connectivity index (χ4n) is 2.53. The zero-order valence-corrected chi connectivity index (χ0v) is 16.1. The van der Waals surface area contributed by atoms with Gasteiger partial charge in [0.15, 0.2) is 11.5 Å². The number of anilines is 2. The van der Waals surface area contributed by atoms with Crippen molar-refractivity contribution in [1.82, 2.24) is 24.4 Å². The molecule has 2 heterocycles. The lowest BCUT2D eigenvalue weighted by molar-refractivity contribution is 0.414. The van der Waals surface area contributed by atoms with E-state index >= 15 is 0 Å². The third-order valence-corrected chi connectivity index (χ3v) is 4.83. The SMILES string of the molecule is COc1ccc(-n2nnc(-c3nsc(Nc4ccc(Cl)cc4)n3)c2C)cc1. The van der Waals surface area contributed by atoms with E-state index < -0.39 is 0 Å². The number of methoxy groups -OCH3 is 1. The lowest BCUT2D eigenvalue weighted by Gasteiger charge is -2.04. The Morgan fingerprint density at radius 1 is 1.07 bits per heavy atom. The monoisotopic (exact) mass is 398 g/mol. The van der Waals surface area contributed by atoms with Gasteiger partial charge in [0.25, 0.3) is 0 Å². The Labute approximate surface area is 164 Å².